The number of hydrogen-bond donors (Lipinski definition) is 1. The molecule has 1 aliphatic carbocycles. The molecule has 1 rings (SSSR count). The van der Waals surface area contributed by atoms with Crippen LogP contribution >= 0.6 is 12.4 Å². The van der Waals surface area contributed by atoms with Gasteiger partial charge in [-0.3, -0.25) is 4.79 Å². The molecular formula is C12H24ClNO2. The minimum absolute atomic E-state index is 0. The summed E-state index contributed by atoms with van der Waals surface area (Å²) in [4.78, 5) is 10.8. The van der Waals surface area contributed by atoms with Gasteiger partial charge in [0, 0.05) is 13.0 Å². The molecule has 0 bridgehead atoms. The van der Waals surface area contributed by atoms with Crippen molar-refractivity contribution >= 4 is 18.3 Å². The first-order valence-electron chi connectivity index (χ1n) is 6.12. The lowest BCUT2D eigenvalue weighted by atomic mass is 9.85. The molecule has 0 aromatic heterocycles. The van der Waals surface area contributed by atoms with Gasteiger partial charge < -0.3 is 10.5 Å². The molecule has 0 aromatic rings. The zero-order valence-corrected chi connectivity index (χ0v) is 10.9. The van der Waals surface area contributed by atoms with Crippen molar-refractivity contribution in [2.75, 3.05) is 6.61 Å². The summed E-state index contributed by atoms with van der Waals surface area (Å²) in [6.07, 6.45) is 7.73. The second-order valence-corrected chi connectivity index (χ2v) is 4.54. The number of primary amides is 1. The van der Waals surface area contributed by atoms with Gasteiger partial charge in [0.1, 0.15) is 0 Å². The molecule has 1 saturated carbocycles. The highest BCUT2D eigenvalue weighted by Crippen LogP contribution is 2.28. The van der Waals surface area contributed by atoms with E-state index in [1.807, 2.05) is 0 Å². The molecule has 16 heavy (non-hydrogen) atoms. The van der Waals surface area contributed by atoms with Crippen molar-refractivity contribution in [2.45, 2.75) is 58.0 Å². The number of nitrogens with two attached hydrogens (primary N) is 1. The van der Waals surface area contributed by atoms with E-state index in [1.165, 1.54) is 6.42 Å². The van der Waals surface area contributed by atoms with Crippen molar-refractivity contribution in [1.29, 1.82) is 0 Å². The number of unbranched alkanes of at least 4 members (excludes halogenated alkanes) is 1. The van der Waals surface area contributed by atoms with E-state index in [9.17, 15) is 4.79 Å². The summed E-state index contributed by atoms with van der Waals surface area (Å²) in [6, 6.07) is 0. The van der Waals surface area contributed by atoms with Crippen molar-refractivity contribution in [2.24, 2.45) is 11.7 Å². The van der Waals surface area contributed by atoms with Crippen molar-refractivity contribution in [3.8, 4) is 0 Å². The number of ether oxygens (including phenoxy) is 1. The summed E-state index contributed by atoms with van der Waals surface area (Å²) in [5.41, 5.74) is 5.19. The van der Waals surface area contributed by atoms with Crippen molar-refractivity contribution in [3.63, 3.8) is 0 Å². The van der Waals surface area contributed by atoms with Crippen LogP contribution in [0.1, 0.15) is 51.9 Å². The molecule has 0 aliphatic heterocycles. The van der Waals surface area contributed by atoms with E-state index in [0.717, 1.165) is 38.7 Å². The van der Waals surface area contributed by atoms with Gasteiger partial charge >= 0.3 is 0 Å². The van der Waals surface area contributed by atoms with Crippen LogP contribution in [-0.2, 0) is 9.53 Å². The Morgan fingerprint density at radius 1 is 1.31 bits per heavy atom. The predicted molar refractivity (Wildman–Crippen MR) is 67.7 cm³/mol. The third-order valence-corrected chi connectivity index (χ3v) is 3.14. The largest absolute Gasteiger partial charge is 0.378 e. The second-order valence-electron chi connectivity index (χ2n) is 4.54. The molecule has 2 N–H and O–H groups in total. The van der Waals surface area contributed by atoms with E-state index in [-0.39, 0.29) is 18.3 Å². The highest BCUT2D eigenvalue weighted by atomic mass is 35.5. The normalized spacial score (nSPS) is 24.8. The van der Waals surface area contributed by atoms with Crippen LogP contribution in [0.15, 0.2) is 0 Å². The van der Waals surface area contributed by atoms with Crippen molar-refractivity contribution in [3.05, 3.63) is 0 Å². The summed E-state index contributed by atoms with van der Waals surface area (Å²) in [5.74, 6) is 0.346. The maximum Gasteiger partial charge on any atom is 0.217 e. The predicted octanol–water partition coefficient (Wildman–Crippen LogP) is 2.66. The molecule has 1 aliphatic rings. The standard InChI is InChI=1S/C12H23NO2.ClH/c1-2-3-8-15-11-6-4-10(5-7-11)9-12(13)14;/h10-11H,2-9H2,1H3,(H2,13,14);1H. The Balaban J connectivity index is 0.00000225. The molecule has 0 spiro atoms. The average molecular weight is 250 g/mol. The summed E-state index contributed by atoms with van der Waals surface area (Å²) in [7, 11) is 0. The Bertz CT molecular complexity index is 191. The smallest absolute Gasteiger partial charge is 0.217 e. The lowest BCUT2D eigenvalue weighted by Gasteiger charge is -2.27. The van der Waals surface area contributed by atoms with Crippen molar-refractivity contribution in [1.82, 2.24) is 0 Å². The van der Waals surface area contributed by atoms with Gasteiger partial charge in [-0.1, -0.05) is 13.3 Å². The zero-order chi connectivity index (χ0) is 11.1. The Morgan fingerprint density at radius 3 is 2.44 bits per heavy atom. The van der Waals surface area contributed by atoms with Crippen LogP contribution in [0.25, 0.3) is 0 Å². The molecule has 0 aromatic carbocycles. The highest BCUT2D eigenvalue weighted by molar-refractivity contribution is 5.85. The Hall–Kier alpha value is -0.280. The monoisotopic (exact) mass is 249 g/mol. The van der Waals surface area contributed by atoms with Gasteiger partial charge in [-0.05, 0) is 38.0 Å². The maximum atomic E-state index is 10.8. The summed E-state index contributed by atoms with van der Waals surface area (Å²) >= 11 is 0. The van der Waals surface area contributed by atoms with Gasteiger partial charge in [0.2, 0.25) is 5.91 Å². The summed E-state index contributed by atoms with van der Waals surface area (Å²) < 4.78 is 5.76. The Labute approximate surface area is 105 Å². The summed E-state index contributed by atoms with van der Waals surface area (Å²) in [5, 5.41) is 0. The molecule has 0 saturated heterocycles. The van der Waals surface area contributed by atoms with Crippen LogP contribution in [0.2, 0.25) is 0 Å². The van der Waals surface area contributed by atoms with Crippen molar-refractivity contribution < 1.29 is 9.53 Å². The van der Waals surface area contributed by atoms with E-state index in [0.29, 0.717) is 18.4 Å². The third-order valence-electron chi connectivity index (χ3n) is 3.14. The van der Waals surface area contributed by atoms with E-state index in [4.69, 9.17) is 10.5 Å². The van der Waals surface area contributed by atoms with Gasteiger partial charge in [-0.25, -0.2) is 0 Å². The molecule has 4 heteroatoms. The van der Waals surface area contributed by atoms with Crippen LogP contribution in [-0.4, -0.2) is 18.6 Å². The Kier molecular flexibility index (Phi) is 8.67. The zero-order valence-electron chi connectivity index (χ0n) is 10.1. The number of amides is 1. The second kappa shape index (κ2) is 8.82. The number of carbonyl (C=O) groups excluding carboxylic acids is 1. The van der Waals surface area contributed by atoms with E-state index in [2.05, 4.69) is 6.92 Å². The molecule has 0 unspecified atom stereocenters. The van der Waals surface area contributed by atoms with Crippen LogP contribution < -0.4 is 5.73 Å². The summed E-state index contributed by atoms with van der Waals surface area (Å²) in [6.45, 7) is 3.06. The molecule has 0 heterocycles. The molecule has 3 nitrogen and oxygen atoms in total. The number of carbonyl (C=O) groups is 1. The van der Waals surface area contributed by atoms with Crippen LogP contribution in [0.3, 0.4) is 0 Å². The lowest BCUT2D eigenvalue weighted by molar-refractivity contribution is -0.119. The third kappa shape index (κ3) is 6.33. The van der Waals surface area contributed by atoms with E-state index in [1.54, 1.807) is 0 Å². The first-order valence-corrected chi connectivity index (χ1v) is 6.12. The van der Waals surface area contributed by atoms with Gasteiger partial charge in [0.15, 0.2) is 0 Å². The molecule has 1 amide bonds. The average Bonchev–Trinajstić information content (AvgIpc) is 2.20. The fourth-order valence-corrected chi connectivity index (χ4v) is 2.18. The maximum absolute atomic E-state index is 10.8. The van der Waals surface area contributed by atoms with Crippen LogP contribution in [0.4, 0.5) is 0 Å². The number of halogens is 1. The van der Waals surface area contributed by atoms with Gasteiger partial charge in [-0.15, -0.1) is 12.4 Å². The van der Waals surface area contributed by atoms with E-state index >= 15 is 0 Å². The molecular weight excluding hydrogens is 226 g/mol. The van der Waals surface area contributed by atoms with E-state index < -0.39 is 0 Å². The van der Waals surface area contributed by atoms with Crippen LogP contribution in [0.5, 0.6) is 0 Å². The quantitative estimate of drug-likeness (QED) is 0.736. The highest BCUT2D eigenvalue weighted by Gasteiger charge is 2.22. The van der Waals surface area contributed by atoms with Gasteiger partial charge in [0.05, 0.1) is 6.10 Å². The molecule has 96 valence electrons. The number of hydrogen-bond acceptors (Lipinski definition) is 2. The molecule has 1 fully saturated rings. The topological polar surface area (TPSA) is 52.3 Å². The minimum Gasteiger partial charge on any atom is -0.378 e. The fraction of sp³-hybridized carbons (Fsp3) is 0.917. The minimum atomic E-state index is -0.162. The lowest BCUT2D eigenvalue weighted by Crippen LogP contribution is -2.25. The van der Waals surface area contributed by atoms with Gasteiger partial charge in [0.25, 0.3) is 0 Å². The van der Waals surface area contributed by atoms with Crippen LogP contribution in [0, 0.1) is 5.92 Å². The first kappa shape index (κ1) is 15.7. The van der Waals surface area contributed by atoms with Gasteiger partial charge in [-0.2, -0.15) is 0 Å². The SMILES string of the molecule is CCCCOC1CCC(CC(N)=O)CC1.Cl. The molecule has 0 radical (unpaired) electrons. The molecule has 0 atom stereocenters. The Morgan fingerprint density at radius 2 is 1.94 bits per heavy atom. The number of rotatable bonds is 6. The first-order chi connectivity index (χ1) is 7.22. The fourth-order valence-electron chi connectivity index (χ4n) is 2.18.